The summed E-state index contributed by atoms with van der Waals surface area (Å²) < 4.78 is 11.7. The van der Waals surface area contributed by atoms with Crippen molar-refractivity contribution in [3.8, 4) is 11.5 Å². The van der Waals surface area contributed by atoms with Crippen molar-refractivity contribution in [3.63, 3.8) is 0 Å². The van der Waals surface area contributed by atoms with Crippen molar-refractivity contribution in [2.75, 3.05) is 33.4 Å². The number of ether oxygens (including phenoxy) is 2. The summed E-state index contributed by atoms with van der Waals surface area (Å²) in [7, 11) is 2.20. The Morgan fingerprint density at radius 3 is 2.33 bits per heavy atom. The average Bonchev–Trinajstić information content (AvgIpc) is 2.76. The number of hydrogen-bond donors (Lipinski definition) is 0. The first-order chi connectivity index (χ1) is 11.7. The molecule has 3 nitrogen and oxygen atoms in total. The van der Waals surface area contributed by atoms with Gasteiger partial charge in [0, 0.05) is 19.0 Å². The first-order valence-electron chi connectivity index (χ1n) is 8.88. The lowest BCUT2D eigenvalue weighted by atomic mass is 9.87. The minimum Gasteiger partial charge on any atom is -0.490 e. The molecule has 1 aliphatic rings. The van der Waals surface area contributed by atoms with E-state index >= 15 is 0 Å². The zero-order chi connectivity index (χ0) is 16.9. The maximum absolute atomic E-state index is 5.87. The quantitative estimate of drug-likeness (QED) is 0.826. The lowest BCUT2D eigenvalue weighted by Crippen LogP contribution is -2.24. The number of rotatable bonds is 5. The van der Waals surface area contributed by atoms with Gasteiger partial charge in [-0.05, 0) is 56.1 Å². The molecular weight excluding hydrogens is 298 g/mol. The van der Waals surface area contributed by atoms with E-state index in [0.29, 0.717) is 19.1 Å². The molecule has 0 fully saturated rings. The van der Waals surface area contributed by atoms with Gasteiger partial charge in [-0.3, -0.25) is 0 Å². The normalized spacial score (nSPS) is 17.9. The summed E-state index contributed by atoms with van der Waals surface area (Å²) in [6.45, 7) is 7.42. The molecule has 1 aliphatic heterocycles. The molecule has 0 aromatic heterocycles. The van der Waals surface area contributed by atoms with Crippen molar-refractivity contribution in [3.05, 3.63) is 59.2 Å². The number of nitrogens with zero attached hydrogens (tertiary/aromatic N) is 1. The monoisotopic (exact) mass is 325 g/mol. The minimum absolute atomic E-state index is 0.364. The van der Waals surface area contributed by atoms with Gasteiger partial charge >= 0.3 is 0 Å². The molecule has 0 saturated heterocycles. The van der Waals surface area contributed by atoms with Gasteiger partial charge in [0.1, 0.15) is 0 Å². The van der Waals surface area contributed by atoms with Crippen molar-refractivity contribution in [1.82, 2.24) is 4.90 Å². The molecule has 1 atom stereocenters. The summed E-state index contributed by atoms with van der Waals surface area (Å²) in [6.07, 6.45) is 1.04. The van der Waals surface area contributed by atoms with Crippen molar-refractivity contribution in [1.29, 1.82) is 0 Å². The number of fused-ring (bicyclic) bond motifs is 1. The van der Waals surface area contributed by atoms with Gasteiger partial charge < -0.3 is 14.4 Å². The molecule has 3 rings (SSSR count). The lowest BCUT2D eigenvalue weighted by molar-refractivity contribution is 0.287. The van der Waals surface area contributed by atoms with Crippen LogP contribution in [0.15, 0.2) is 42.5 Å². The zero-order valence-corrected chi connectivity index (χ0v) is 14.9. The second kappa shape index (κ2) is 7.71. The Balaban J connectivity index is 2.09. The zero-order valence-electron chi connectivity index (χ0n) is 14.9. The highest BCUT2D eigenvalue weighted by Crippen LogP contribution is 2.38. The number of hydrogen-bond acceptors (Lipinski definition) is 3. The summed E-state index contributed by atoms with van der Waals surface area (Å²) in [5, 5.41) is 0. The fourth-order valence-corrected chi connectivity index (χ4v) is 3.48. The molecule has 2 aromatic rings. The Hall–Kier alpha value is -2.00. The maximum atomic E-state index is 5.87. The van der Waals surface area contributed by atoms with E-state index in [1.807, 2.05) is 13.8 Å². The topological polar surface area (TPSA) is 21.7 Å². The van der Waals surface area contributed by atoms with Gasteiger partial charge in [0.25, 0.3) is 0 Å². The van der Waals surface area contributed by atoms with E-state index in [1.54, 1.807) is 0 Å². The van der Waals surface area contributed by atoms with E-state index in [9.17, 15) is 0 Å². The highest BCUT2D eigenvalue weighted by Gasteiger charge is 2.25. The summed E-state index contributed by atoms with van der Waals surface area (Å²) in [4.78, 5) is 2.42. The van der Waals surface area contributed by atoms with Gasteiger partial charge in [-0.2, -0.15) is 0 Å². The van der Waals surface area contributed by atoms with E-state index in [-0.39, 0.29) is 0 Å². The van der Waals surface area contributed by atoms with Crippen LogP contribution in [0, 0.1) is 0 Å². The molecule has 1 unspecified atom stereocenters. The molecule has 24 heavy (non-hydrogen) atoms. The smallest absolute Gasteiger partial charge is 0.161 e. The van der Waals surface area contributed by atoms with Crippen LogP contribution in [0.5, 0.6) is 11.5 Å². The molecule has 0 radical (unpaired) electrons. The van der Waals surface area contributed by atoms with Crippen LogP contribution in [0.2, 0.25) is 0 Å². The van der Waals surface area contributed by atoms with Gasteiger partial charge in [-0.1, -0.05) is 30.3 Å². The SMILES string of the molecule is CCOc1cc2c(cc1OCC)C(c1ccccc1)CN(C)CC2. The van der Waals surface area contributed by atoms with Gasteiger partial charge in [-0.15, -0.1) is 0 Å². The minimum atomic E-state index is 0.364. The molecule has 0 aliphatic carbocycles. The van der Waals surface area contributed by atoms with Gasteiger partial charge in [0.2, 0.25) is 0 Å². The van der Waals surface area contributed by atoms with Crippen LogP contribution in [0.3, 0.4) is 0 Å². The van der Waals surface area contributed by atoms with Crippen molar-refractivity contribution in [2.45, 2.75) is 26.2 Å². The maximum Gasteiger partial charge on any atom is 0.161 e. The fourth-order valence-electron chi connectivity index (χ4n) is 3.48. The molecule has 128 valence electrons. The summed E-state index contributed by atoms with van der Waals surface area (Å²) in [5.74, 6) is 2.10. The van der Waals surface area contributed by atoms with Crippen LogP contribution in [-0.2, 0) is 6.42 Å². The first kappa shape index (κ1) is 16.8. The van der Waals surface area contributed by atoms with Crippen molar-refractivity contribution in [2.24, 2.45) is 0 Å². The van der Waals surface area contributed by atoms with E-state index < -0.39 is 0 Å². The second-order valence-corrected chi connectivity index (χ2v) is 6.34. The van der Waals surface area contributed by atoms with Crippen LogP contribution >= 0.6 is 0 Å². The van der Waals surface area contributed by atoms with Gasteiger partial charge in [0.15, 0.2) is 11.5 Å². The Bertz CT molecular complexity index is 669. The molecule has 0 saturated carbocycles. The highest BCUT2D eigenvalue weighted by atomic mass is 16.5. The highest BCUT2D eigenvalue weighted by molar-refractivity contribution is 5.51. The van der Waals surface area contributed by atoms with E-state index in [2.05, 4.69) is 54.4 Å². The van der Waals surface area contributed by atoms with E-state index in [4.69, 9.17) is 9.47 Å². The number of likely N-dealkylation sites (N-methyl/N-ethyl adjacent to an activating group) is 1. The van der Waals surface area contributed by atoms with E-state index in [1.165, 1.54) is 16.7 Å². The standard InChI is InChI=1S/C21H27NO2/c1-4-23-20-13-17-11-12-22(3)15-19(16-9-7-6-8-10-16)18(17)14-21(20)24-5-2/h6-10,13-14,19H,4-5,11-12,15H2,1-3H3. The van der Waals surface area contributed by atoms with Crippen LogP contribution < -0.4 is 9.47 Å². The third-order valence-corrected chi connectivity index (χ3v) is 4.64. The van der Waals surface area contributed by atoms with Crippen LogP contribution in [0.25, 0.3) is 0 Å². The number of benzene rings is 2. The predicted octanol–water partition coefficient (Wildman–Crippen LogP) is 4.10. The van der Waals surface area contributed by atoms with Gasteiger partial charge in [-0.25, -0.2) is 0 Å². The summed E-state index contributed by atoms with van der Waals surface area (Å²) in [6, 6.07) is 15.2. The second-order valence-electron chi connectivity index (χ2n) is 6.34. The fraction of sp³-hybridized carbons (Fsp3) is 0.429. The molecule has 0 N–H and O–H groups in total. The Labute approximate surface area is 145 Å². The van der Waals surface area contributed by atoms with Gasteiger partial charge in [0.05, 0.1) is 13.2 Å². The lowest BCUT2D eigenvalue weighted by Gasteiger charge is -2.23. The first-order valence-corrected chi connectivity index (χ1v) is 8.88. The third kappa shape index (κ3) is 3.57. The molecule has 0 spiro atoms. The van der Waals surface area contributed by atoms with Crippen LogP contribution in [0.1, 0.15) is 36.5 Å². The van der Waals surface area contributed by atoms with Crippen molar-refractivity contribution >= 4 is 0 Å². The van der Waals surface area contributed by atoms with Crippen molar-refractivity contribution < 1.29 is 9.47 Å². The third-order valence-electron chi connectivity index (χ3n) is 4.64. The Morgan fingerprint density at radius 1 is 1.00 bits per heavy atom. The predicted molar refractivity (Wildman–Crippen MR) is 98.3 cm³/mol. The molecule has 2 aromatic carbocycles. The van der Waals surface area contributed by atoms with Crippen LogP contribution in [-0.4, -0.2) is 38.3 Å². The van der Waals surface area contributed by atoms with Crippen LogP contribution in [0.4, 0.5) is 0 Å². The van der Waals surface area contributed by atoms with E-state index in [0.717, 1.165) is 31.0 Å². The molecule has 1 heterocycles. The Kier molecular flexibility index (Phi) is 5.41. The average molecular weight is 325 g/mol. The summed E-state index contributed by atoms with van der Waals surface area (Å²) in [5.41, 5.74) is 4.11. The Morgan fingerprint density at radius 2 is 1.67 bits per heavy atom. The summed E-state index contributed by atoms with van der Waals surface area (Å²) >= 11 is 0. The largest absolute Gasteiger partial charge is 0.490 e. The molecule has 0 amide bonds. The molecular formula is C21H27NO2. The molecule has 3 heteroatoms. The molecule has 0 bridgehead atoms.